The summed E-state index contributed by atoms with van der Waals surface area (Å²) >= 11 is 0. The molecular formula is C64H44N4. The van der Waals surface area contributed by atoms with Crippen LogP contribution in [0.3, 0.4) is 0 Å². The topological polar surface area (TPSA) is 35.1 Å². The molecule has 4 heteroatoms. The Balaban J connectivity index is 0.987. The van der Waals surface area contributed by atoms with Crippen LogP contribution < -0.4 is 0 Å². The van der Waals surface area contributed by atoms with E-state index in [9.17, 15) is 0 Å². The number of nitrogens with zero attached hydrogens (tertiary/aromatic N) is 4. The summed E-state index contributed by atoms with van der Waals surface area (Å²) in [5.74, 6) is 0.139. The summed E-state index contributed by atoms with van der Waals surface area (Å²) in [6.07, 6.45) is 3.18. The van der Waals surface area contributed by atoms with Crippen LogP contribution in [0.5, 0.6) is 0 Å². The molecule has 0 fully saturated rings. The van der Waals surface area contributed by atoms with E-state index in [2.05, 4.69) is 258 Å². The highest BCUT2D eigenvalue weighted by Crippen LogP contribution is 2.43. The van der Waals surface area contributed by atoms with E-state index in [4.69, 9.17) is 9.98 Å². The molecule has 0 radical (unpaired) electrons. The minimum absolute atomic E-state index is 0.139. The van der Waals surface area contributed by atoms with Crippen LogP contribution in [0.25, 0.3) is 94.3 Å². The molecule has 0 saturated heterocycles. The van der Waals surface area contributed by atoms with Crippen molar-refractivity contribution in [3.8, 4) is 45.0 Å². The van der Waals surface area contributed by atoms with Crippen molar-refractivity contribution in [1.29, 1.82) is 0 Å². The molecule has 320 valence electrons. The zero-order chi connectivity index (χ0) is 45.0. The van der Waals surface area contributed by atoms with Crippen molar-refractivity contribution in [2.75, 3.05) is 0 Å². The van der Waals surface area contributed by atoms with Crippen LogP contribution in [0, 0.1) is 0 Å². The average Bonchev–Trinajstić information content (AvgIpc) is 3.95. The van der Waals surface area contributed by atoms with Gasteiger partial charge < -0.3 is 9.13 Å². The van der Waals surface area contributed by atoms with Crippen LogP contribution in [-0.2, 0) is 0 Å². The molecule has 4 nitrogen and oxygen atoms in total. The van der Waals surface area contributed by atoms with E-state index in [1.807, 2.05) is 0 Å². The van der Waals surface area contributed by atoms with Gasteiger partial charge in [-0.3, -0.25) is 4.99 Å². The molecule has 68 heavy (non-hydrogen) atoms. The van der Waals surface area contributed by atoms with E-state index in [-0.39, 0.29) is 5.92 Å². The van der Waals surface area contributed by atoms with Crippen LogP contribution in [0.1, 0.15) is 29.0 Å². The van der Waals surface area contributed by atoms with E-state index in [0.717, 1.165) is 74.0 Å². The number of aromatic nitrogens is 3. The summed E-state index contributed by atoms with van der Waals surface area (Å²) in [5.41, 5.74) is 19.0. The molecule has 3 aromatic heterocycles. The Morgan fingerprint density at radius 1 is 0.368 bits per heavy atom. The average molecular weight is 869 g/mol. The molecule has 0 bridgehead atoms. The number of pyridine rings is 1. The first kappa shape index (κ1) is 39.5. The number of allylic oxidation sites excluding steroid dienone is 1. The highest BCUT2D eigenvalue weighted by molar-refractivity contribution is 6.26. The molecule has 1 unspecified atom stereocenters. The number of rotatable bonds is 8. The van der Waals surface area contributed by atoms with Crippen molar-refractivity contribution in [3.63, 3.8) is 0 Å². The van der Waals surface area contributed by atoms with Crippen LogP contribution in [0.15, 0.2) is 254 Å². The Labute approximate surface area is 395 Å². The SMILES string of the molecule is C1=C(c2ccccc2)N=C(c2ccccc2)CC1c1cccc(-n2c3ccccc3c3c2ccc2c4ccccc4n(-c4cccc(-c5cc(-c6ccccc6)nc(-c6ccccc6)c5)c4)c23)c1. The molecule has 1 atom stereocenters. The second-order valence-corrected chi connectivity index (χ2v) is 17.7. The Morgan fingerprint density at radius 2 is 0.912 bits per heavy atom. The van der Waals surface area contributed by atoms with E-state index in [1.165, 1.54) is 49.2 Å². The van der Waals surface area contributed by atoms with Gasteiger partial charge in [-0.05, 0) is 82.4 Å². The number of hydrogen-bond acceptors (Lipinski definition) is 2. The standard InChI is InChI=1S/C64H44N4/c1-5-19-43(20-6-1)56-39-49(40-57(65-56)44-21-7-2-8-22-44)47-27-17-29-51(37-47)67-61-34-16-14-32-55(61)63-62(67)36-35-54-53-31-13-15-33-60(53)68(64(54)63)52-30-18-28-48(38-52)50-41-58(45-23-9-3-10-24-45)66-59(42-50)46-25-11-4-12-26-46/h1-39,41-42,49H,40H2. The zero-order valence-corrected chi connectivity index (χ0v) is 37.2. The highest BCUT2D eigenvalue weighted by Gasteiger charge is 2.24. The normalized spacial score (nSPS) is 13.9. The summed E-state index contributed by atoms with van der Waals surface area (Å²) in [4.78, 5) is 10.4. The van der Waals surface area contributed by atoms with Crippen molar-refractivity contribution in [3.05, 3.63) is 265 Å². The second kappa shape index (κ2) is 16.5. The third kappa shape index (κ3) is 6.85. The lowest BCUT2D eigenvalue weighted by Crippen LogP contribution is -2.12. The molecule has 0 spiro atoms. The van der Waals surface area contributed by atoms with Crippen LogP contribution in [0.4, 0.5) is 0 Å². The minimum Gasteiger partial charge on any atom is -0.309 e. The molecule has 9 aromatic carbocycles. The molecule has 0 N–H and O–H groups in total. The summed E-state index contributed by atoms with van der Waals surface area (Å²) in [5, 5.41) is 4.90. The smallest absolute Gasteiger partial charge is 0.0715 e. The Kier molecular flexibility index (Phi) is 9.61. The Bertz CT molecular complexity index is 3860. The van der Waals surface area contributed by atoms with Gasteiger partial charge in [-0.2, -0.15) is 0 Å². The van der Waals surface area contributed by atoms with Crippen molar-refractivity contribution in [2.45, 2.75) is 12.3 Å². The van der Waals surface area contributed by atoms with Crippen LogP contribution in [-0.4, -0.2) is 19.8 Å². The van der Waals surface area contributed by atoms with Gasteiger partial charge in [-0.1, -0.05) is 194 Å². The van der Waals surface area contributed by atoms with Crippen LogP contribution >= 0.6 is 0 Å². The lowest BCUT2D eigenvalue weighted by atomic mass is 9.87. The van der Waals surface area contributed by atoms with E-state index >= 15 is 0 Å². The molecule has 0 aliphatic carbocycles. The lowest BCUT2D eigenvalue weighted by Gasteiger charge is -2.23. The van der Waals surface area contributed by atoms with Gasteiger partial charge in [0.15, 0.2) is 0 Å². The molecule has 4 heterocycles. The van der Waals surface area contributed by atoms with Gasteiger partial charge in [0.25, 0.3) is 0 Å². The third-order valence-corrected chi connectivity index (χ3v) is 13.6. The molecule has 13 rings (SSSR count). The maximum absolute atomic E-state index is 5.25. The molecule has 12 aromatic rings. The predicted octanol–water partition coefficient (Wildman–Crippen LogP) is 16.3. The Morgan fingerprint density at radius 3 is 1.59 bits per heavy atom. The lowest BCUT2D eigenvalue weighted by molar-refractivity contribution is 0.877. The number of benzene rings is 9. The minimum atomic E-state index is 0.139. The van der Waals surface area contributed by atoms with Crippen LogP contribution in [0.2, 0.25) is 0 Å². The van der Waals surface area contributed by atoms with Gasteiger partial charge in [-0.15, -0.1) is 0 Å². The highest BCUT2D eigenvalue weighted by atomic mass is 15.0. The zero-order valence-electron chi connectivity index (χ0n) is 37.2. The summed E-state index contributed by atoms with van der Waals surface area (Å²) in [6, 6.07) is 87.3. The quantitative estimate of drug-likeness (QED) is 0.150. The summed E-state index contributed by atoms with van der Waals surface area (Å²) < 4.78 is 4.96. The number of para-hydroxylation sites is 2. The maximum Gasteiger partial charge on any atom is 0.0715 e. The fourth-order valence-corrected chi connectivity index (χ4v) is 10.5. The van der Waals surface area contributed by atoms with Crippen molar-refractivity contribution in [2.24, 2.45) is 4.99 Å². The van der Waals surface area contributed by atoms with Crippen molar-refractivity contribution < 1.29 is 0 Å². The van der Waals surface area contributed by atoms with Gasteiger partial charge in [0.1, 0.15) is 0 Å². The second-order valence-electron chi connectivity index (χ2n) is 17.7. The first-order chi connectivity index (χ1) is 33.7. The van der Waals surface area contributed by atoms with E-state index in [0.29, 0.717) is 0 Å². The molecule has 1 aliphatic rings. The van der Waals surface area contributed by atoms with Gasteiger partial charge >= 0.3 is 0 Å². The monoisotopic (exact) mass is 868 g/mol. The maximum atomic E-state index is 5.25. The number of fused-ring (bicyclic) bond motifs is 7. The first-order valence-electron chi connectivity index (χ1n) is 23.4. The van der Waals surface area contributed by atoms with E-state index in [1.54, 1.807) is 0 Å². The first-order valence-corrected chi connectivity index (χ1v) is 23.4. The van der Waals surface area contributed by atoms with Crippen molar-refractivity contribution in [1.82, 2.24) is 14.1 Å². The fourth-order valence-electron chi connectivity index (χ4n) is 10.5. The molecule has 0 saturated carbocycles. The largest absolute Gasteiger partial charge is 0.309 e. The molecule has 0 amide bonds. The molecular weight excluding hydrogens is 825 g/mol. The molecule has 1 aliphatic heterocycles. The third-order valence-electron chi connectivity index (χ3n) is 13.6. The summed E-state index contributed by atoms with van der Waals surface area (Å²) in [6.45, 7) is 0. The Hall–Kier alpha value is -8.86. The van der Waals surface area contributed by atoms with Gasteiger partial charge in [0.05, 0.1) is 39.2 Å². The number of hydrogen-bond donors (Lipinski definition) is 0. The van der Waals surface area contributed by atoms with E-state index < -0.39 is 0 Å². The van der Waals surface area contributed by atoms with Gasteiger partial charge in [-0.25, -0.2) is 4.98 Å². The predicted molar refractivity (Wildman–Crippen MR) is 284 cm³/mol. The fraction of sp³-hybridized carbons (Fsp3) is 0.0312. The van der Waals surface area contributed by atoms with Gasteiger partial charge in [0, 0.05) is 62.1 Å². The van der Waals surface area contributed by atoms with Crippen molar-refractivity contribution >= 4 is 55.0 Å². The summed E-state index contributed by atoms with van der Waals surface area (Å²) in [7, 11) is 0. The number of aliphatic imine (C=N–C) groups is 1. The van der Waals surface area contributed by atoms with Gasteiger partial charge in [0.2, 0.25) is 0 Å².